The summed E-state index contributed by atoms with van der Waals surface area (Å²) >= 11 is 0. The summed E-state index contributed by atoms with van der Waals surface area (Å²) in [4.78, 5) is 0. The van der Waals surface area contributed by atoms with Crippen molar-refractivity contribution in [2.45, 2.75) is 0 Å². The van der Waals surface area contributed by atoms with E-state index < -0.39 is 0 Å². The molecule has 7 heteroatoms. The van der Waals surface area contributed by atoms with Gasteiger partial charge in [-0.2, -0.15) is 0 Å². The summed E-state index contributed by atoms with van der Waals surface area (Å²) in [6, 6.07) is 0. The summed E-state index contributed by atoms with van der Waals surface area (Å²) in [5.41, 5.74) is 0. The molecule has 0 spiro atoms. The Morgan fingerprint density at radius 1 is 0.429 bits per heavy atom. The zero-order valence-corrected chi connectivity index (χ0v) is 5.03. The van der Waals surface area contributed by atoms with E-state index >= 15 is 0 Å². The molecule has 0 aromatic carbocycles. The van der Waals surface area contributed by atoms with Crippen molar-refractivity contribution in [2.24, 2.45) is 0 Å². The van der Waals surface area contributed by atoms with E-state index in [2.05, 4.69) is 0 Å². The Hall–Kier alpha value is 0.526. The van der Waals surface area contributed by atoms with Gasteiger partial charge in [-0.3, -0.25) is 0 Å². The third kappa shape index (κ3) is 483. The Labute approximate surface area is 56.5 Å². The van der Waals surface area contributed by atoms with Crippen molar-refractivity contribution in [3.8, 4) is 0 Å². The van der Waals surface area contributed by atoms with Gasteiger partial charge in [0.15, 0.2) is 0 Å². The van der Waals surface area contributed by atoms with Crippen LogP contribution >= 0.6 is 0 Å². The molecule has 10 N–H and O–H groups in total. The van der Waals surface area contributed by atoms with E-state index in [0.717, 1.165) is 0 Å². The molecule has 7 heavy (non-hydrogen) atoms. The van der Waals surface area contributed by atoms with Crippen LogP contribution in [-0.2, 0) is 5.48 Å². The topological polar surface area (TPSA) is 186 Å². The van der Waals surface area contributed by atoms with Crippen LogP contribution in [-0.4, -0.2) is 50.4 Å². The zero-order valence-electron chi connectivity index (χ0n) is 3.62. The molecular formula is H10MgO6. The van der Waals surface area contributed by atoms with Crippen molar-refractivity contribution in [1.82, 2.24) is 0 Å². The van der Waals surface area contributed by atoms with Gasteiger partial charge in [0, 0.05) is 0 Å². The number of rotatable bonds is 0. The zero-order chi connectivity index (χ0) is 0. The molecule has 0 aliphatic carbocycles. The minimum absolute atomic E-state index is 0. The van der Waals surface area contributed by atoms with Crippen LogP contribution in [0.25, 0.3) is 0 Å². The normalized spacial score (nSPS) is 0. The molecule has 0 aliphatic rings. The van der Waals surface area contributed by atoms with E-state index in [1.54, 1.807) is 0 Å². The summed E-state index contributed by atoms with van der Waals surface area (Å²) in [5, 5.41) is 0. The van der Waals surface area contributed by atoms with Crippen molar-refractivity contribution < 1.29 is 32.9 Å². The van der Waals surface area contributed by atoms with Crippen LogP contribution in [0.1, 0.15) is 0 Å². The Morgan fingerprint density at radius 2 is 0.429 bits per heavy atom. The van der Waals surface area contributed by atoms with Crippen LogP contribution < -0.4 is 0 Å². The SMILES string of the molecule is O.O.O.O.O.[Mg+2].[O-2]. The molecule has 0 aromatic rings. The van der Waals surface area contributed by atoms with Crippen LogP contribution in [0.2, 0.25) is 0 Å². The van der Waals surface area contributed by atoms with Gasteiger partial charge in [-0.25, -0.2) is 0 Å². The van der Waals surface area contributed by atoms with E-state index in [9.17, 15) is 0 Å². The second kappa shape index (κ2) is 720. The van der Waals surface area contributed by atoms with Crippen molar-refractivity contribution in [3.05, 3.63) is 0 Å². The molecule has 0 fully saturated rings. The predicted molar refractivity (Wildman–Crippen MR) is 24.5 cm³/mol. The average molecular weight is 130 g/mol. The van der Waals surface area contributed by atoms with E-state index in [4.69, 9.17) is 0 Å². The Kier molecular flexibility index (Phi) is 119000. The van der Waals surface area contributed by atoms with Gasteiger partial charge in [-0.15, -0.1) is 0 Å². The molecule has 0 aromatic heterocycles. The molecule has 0 radical (unpaired) electrons. The van der Waals surface area contributed by atoms with E-state index in [-0.39, 0.29) is 55.9 Å². The number of hydrogen-bond acceptors (Lipinski definition) is 0. The summed E-state index contributed by atoms with van der Waals surface area (Å²) in [5.74, 6) is 0. The average Bonchev–Trinajstić information content (AvgIpc) is 0. The van der Waals surface area contributed by atoms with Gasteiger partial charge in [0.2, 0.25) is 0 Å². The largest absolute Gasteiger partial charge is 2.00 e. The fraction of sp³-hybridized carbons (Fsp3) is 0. The maximum Gasteiger partial charge on any atom is 2.00 e. The van der Waals surface area contributed by atoms with Crippen LogP contribution in [0.4, 0.5) is 0 Å². The maximum absolute atomic E-state index is 0. The first-order chi connectivity index (χ1) is 0. The Morgan fingerprint density at radius 3 is 0.429 bits per heavy atom. The first-order valence-electron chi connectivity index (χ1n) is 0. The summed E-state index contributed by atoms with van der Waals surface area (Å²) in [6.07, 6.45) is 0. The molecule has 48 valence electrons. The quantitative estimate of drug-likeness (QED) is 0.286. The van der Waals surface area contributed by atoms with Gasteiger partial charge < -0.3 is 32.9 Å². The molecule has 0 amide bonds. The van der Waals surface area contributed by atoms with Gasteiger partial charge in [0.05, 0.1) is 0 Å². The first-order valence-corrected chi connectivity index (χ1v) is 0. The minimum atomic E-state index is 0. The van der Waals surface area contributed by atoms with Gasteiger partial charge >= 0.3 is 23.1 Å². The second-order valence-electron chi connectivity index (χ2n) is 0. The van der Waals surface area contributed by atoms with Crippen LogP contribution in [0.5, 0.6) is 0 Å². The Bertz CT molecular complexity index is 4.14. The van der Waals surface area contributed by atoms with E-state index in [1.165, 1.54) is 0 Å². The van der Waals surface area contributed by atoms with Crippen molar-refractivity contribution in [2.75, 3.05) is 0 Å². The first kappa shape index (κ1) is 1160. The summed E-state index contributed by atoms with van der Waals surface area (Å²) in [6.45, 7) is 0. The van der Waals surface area contributed by atoms with Gasteiger partial charge in [-0.1, -0.05) is 0 Å². The molecule has 0 atom stereocenters. The molecule has 0 unspecified atom stereocenters. The molecule has 6 nitrogen and oxygen atoms in total. The van der Waals surface area contributed by atoms with E-state index in [1.807, 2.05) is 0 Å². The molecule has 0 aliphatic heterocycles. The standard InChI is InChI=1S/Mg.5H2O.O/h;5*1H2;/q+2;;;;;;-2. The molecule has 0 bridgehead atoms. The maximum atomic E-state index is 0. The summed E-state index contributed by atoms with van der Waals surface area (Å²) in [7, 11) is 0. The van der Waals surface area contributed by atoms with E-state index in [0.29, 0.717) is 0 Å². The van der Waals surface area contributed by atoms with Crippen LogP contribution in [0, 0.1) is 0 Å². The third-order valence-corrected chi connectivity index (χ3v) is 0. The molecule has 0 saturated heterocycles. The van der Waals surface area contributed by atoms with Crippen molar-refractivity contribution in [1.29, 1.82) is 0 Å². The fourth-order valence-electron chi connectivity index (χ4n) is 0. The smallest absolute Gasteiger partial charge is 2.00 e. The van der Waals surface area contributed by atoms with Gasteiger partial charge in [0.25, 0.3) is 0 Å². The van der Waals surface area contributed by atoms with Crippen LogP contribution in [0.15, 0.2) is 0 Å². The predicted octanol–water partition coefficient (Wildman–Crippen LogP) is -4.62. The van der Waals surface area contributed by atoms with Gasteiger partial charge in [0.1, 0.15) is 0 Å². The second-order valence-corrected chi connectivity index (χ2v) is 0. The van der Waals surface area contributed by atoms with Gasteiger partial charge in [-0.05, 0) is 0 Å². The van der Waals surface area contributed by atoms with Crippen molar-refractivity contribution in [3.63, 3.8) is 0 Å². The number of hydrogen-bond donors (Lipinski definition) is 0. The fourth-order valence-corrected chi connectivity index (χ4v) is 0. The Balaban J connectivity index is 0. The minimum Gasteiger partial charge on any atom is -2.00 e. The summed E-state index contributed by atoms with van der Waals surface area (Å²) < 4.78 is 0. The van der Waals surface area contributed by atoms with Crippen LogP contribution in [0.3, 0.4) is 0 Å². The molecule has 0 heterocycles. The molecule has 0 rings (SSSR count). The third-order valence-electron chi connectivity index (χ3n) is 0. The monoisotopic (exact) mass is 130 g/mol. The molecular weight excluding hydrogens is 120 g/mol. The van der Waals surface area contributed by atoms with Crippen molar-refractivity contribution >= 4 is 23.1 Å². The molecule has 0 saturated carbocycles.